The summed E-state index contributed by atoms with van der Waals surface area (Å²) in [6.45, 7) is 4.47. The van der Waals surface area contributed by atoms with E-state index >= 15 is 0 Å². The van der Waals surface area contributed by atoms with E-state index in [1.165, 1.54) is 4.90 Å². The maximum absolute atomic E-state index is 12.9. The lowest BCUT2D eigenvalue weighted by Gasteiger charge is -2.38. The molecule has 2 N–H and O–H groups in total. The smallest absolute Gasteiger partial charge is 0.338 e. The molecule has 0 aliphatic carbocycles. The molecule has 3 rings (SSSR count). The number of nitro groups is 1. The van der Waals surface area contributed by atoms with Gasteiger partial charge < -0.3 is 20.3 Å². The highest BCUT2D eigenvalue weighted by molar-refractivity contribution is 6.29. The van der Waals surface area contributed by atoms with E-state index in [0.717, 1.165) is 5.56 Å². The molecule has 33 heavy (non-hydrogen) atoms. The van der Waals surface area contributed by atoms with Crippen LogP contribution in [0.25, 0.3) is 0 Å². The van der Waals surface area contributed by atoms with Crippen LogP contribution in [0, 0.1) is 10.1 Å². The number of allylic oxidation sites excluding steroid dienone is 1. The van der Waals surface area contributed by atoms with Gasteiger partial charge in [-0.25, -0.2) is 9.78 Å². The molecule has 0 bridgehead atoms. The average molecular weight is 472 g/mol. The third kappa shape index (κ3) is 4.93. The second-order valence-corrected chi connectivity index (χ2v) is 7.78. The number of nitrogens with two attached hydrogens (primary N) is 1. The number of hydrogen-bond acceptors (Lipinski definition) is 8. The van der Waals surface area contributed by atoms with E-state index in [0.29, 0.717) is 29.6 Å². The fraction of sp³-hybridized carbons (Fsp3) is 0.304. The Morgan fingerprint density at radius 1 is 1.27 bits per heavy atom. The molecule has 1 aliphatic heterocycles. The quantitative estimate of drug-likeness (QED) is 0.269. The summed E-state index contributed by atoms with van der Waals surface area (Å²) in [7, 11) is 1.61. The Labute approximate surface area is 197 Å². The number of carbonyl (C=O) groups excluding carboxylic acids is 1. The Morgan fingerprint density at radius 2 is 1.97 bits per heavy atom. The predicted molar refractivity (Wildman–Crippen MR) is 124 cm³/mol. The van der Waals surface area contributed by atoms with Gasteiger partial charge in [0.05, 0.1) is 17.1 Å². The van der Waals surface area contributed by atoms with Gasteiger partial charge in [-0.1, -0.05) is 48.0 Å². The highest BCUT2D eigenvalue weighted by Crippen LogP contribution is 2.42. The van der Waals surface area contributed by atoms with Gasteiger partial charge in [0.25, 0.3) is 5.70 Å². The molecule has 2 aromatic rings. The van der Waals surface area contributed by atoms with E-state index in [2.05, 4.69) is 4.98 Å². The maximum Gasteiger partial charge on any atom is 0.338 e. The number of halogens is 1. The number of aromatic nitrogens is 1. The zero-order valence-corrected chi connectivity index (χ0v) is 19.5. The summed E-state index contributed by atoms with van der Waals surface area (Å²) in [5.41, 5.74) is 7.72. The van der Waals surface area contributed by atoms with E-state index in [4.69, 9.17) is 22.1 Å². The number of rotatable bonds is 8. The van der Waals surface area contributed by atoms with E-state index in [1.54, 1.807) is 56.6 Å². The van der Waals surface area contributed by atoms with Crippen molar-refractivity contribution < 1.29 is 14.5 Å². The molecule has 0 spiro atoms. The van der Waals surface area contributed by atoms with Crippen molar-refractivity contribution >= 4 is 17.6 Å². The molecule has 0 radical (unpaired) electrons. The zero-order chi connectivity index (χ0) is 24.1. The molecule has 9 nitrogen and oxygen atoms in total. The van der Waals surface area contributed by atoms with Crippen LogP contribution in [-0.2, 0) is 16.1 Å². The molecule has 1 unspecified atom stereocenters. The first-order valence-corrected chi connectivity index (χ1v) is 10.9. The minimum absolute atomic E-state index is 0.0465. The van der Waals surface area contributed by atoms with Crippen molar-refractivity contribution in [2.45, 2.75) is 26.3 Å². The van der Waals surface area contributed by atoms with Crippen LogP contribution in [0.5, 0.6) is 0 Å². The highest BCUT2D eigenvalue weighted by Gasteiger charge is 2.46. The number of nitrogens with zero attached hydrogens (tertiary/aromatic N) is 4. The van der Waals surface area contributed by atoms with Gasteiger partial charge in [0, 0.05) is 26.3 Å². The Kier molecular flexibility index (Phi) is 7.55. The van der Waals surface area contributed by atoms with Crippen LogP contribution in [-0.4, -0.2) is 45.9 Å². The first-order valence-electron chi connectivity index (χ1n) is 10.5. The summed E-state index contributed by atoms with van der Waals surface area (Å²) in [4.78, 5) is 32.4. The van der Waals surface area contributed by atoms with Crippen LogP contribution in [0.15, 0.2) is 71.6 Å². The monoisotopic (exact) mass is 471 g/mol. The minimum atomic E-state index is -0.996. The number of pyridine rings is 1. The molecule has 10 heteroatoms. The van der Waals surface area contributed by atoms with E-state index < -0.39 is 16.8 Å². The number of esters is 1. The van der Waals surface area contributed by atoms with E-state index in [-0.39, 0.29) is 23.7 Å². The first-order chi connectivity index (χ1) is 15.8. The molecular formula is C23H26ClN5O4. The van der Waals surface area contributed by atoms with Crippen LogP contribution in [0.4, 0.5) is 0 Å². The number of benzene rings is 1. The van der Waals surface area contributed by atoms with Crippen molar-refractivity contribution in [1.82, 2.24) is 14.8 Å². The zero-order valence-electron chi connectivity index (χ0n) is 18.7. The Hall–Kier alpha value is -3.59. The first kappa shape index (κ1) is 24.1. The third-order valence-electron chi connectivity index (χ3n) is 5.41. The molecule has 0 saturated carbocycles. The van der Waals surface area contributed by atoms with Gasteiger partial charge in [0.1, 0.15) is 16.9 Å². The van der Waals surface area contributed by atoms with Gasteiger partial charge in [0.2, 0.25) is 0 Å². The Bertz CT molecular complexity index is 1090. The predicted octanol–water partition coefficient (Wildman–Crippen LogP) is 3.47. The van der Waals surface area contributed by atoms with Crippen LogP contribution < -0.4 is 5.73 Å². The summed E-state index contributed by atoms with van der Waals surface area (Å²) in [6.07, 6.45) is 1.62. The molecule has 0 fully saturated rings. The lowest BCUT2D eigenvalue weighted by atomic mass is 9.85. The average Bonchev–Trinajstić information content (AvgIpc) is 2.80. The van der Waals surface area contributed by atoms with Gasteiger partial charge in [-0.2, -0.15) is 0 Å². The van der Waals surface area contributed by atoms with Crippen molar-refractivity contribution in [2.75, 3.05) is 20.2 Å². The van der Waals surface area contributed by atoms with Crippen molar-refractivity contribution in [3.63, 3.8) is 0 Å². The van der Waals surface area contributed by atoms with Crippen LogP contribution in [0.2, 0.25) is 5.15 Å². The van der Waals surface area contributed by atoms with Crippen molar-refractivity contribution in [2.24, 2.45) is 5.73 Å². The van der Waals surface area contributed by atoms with Gasteiger partial charge in [0.15, 0.2) is 5.82 Å². The topological polar surface area (TPSA) is 115 Å². The van der Waals surface area contributed by atoms with Gasteiger partial charge in [-0.15, -0.1) is 0 Å². The Morgan fingerprint density at radius 3 is 2.52 bits per heavy atom. The molecule has 0 saturated heterocycles. The summed E-state index contributed by atoms with van der Waals surface area (Å²) >= 11 is 5.90. The molecule has 1 atom stereocenters. The summed E-state index contributed by atoms with van der Waals surface area (Å²) in [6, 6.07) is 12.3. The largest absolute Gasteiger partial charge is 0.463 e. The van der Waals surface area contributed by atoms with Crippen LogP contribution in [0.3, 0.4) is 0 Å². The van der Waals surface area contributed by atoms with Gasteiger partial charge in [-0.05, 0) is 31.0 Å². The lowest BCUT2D eigenvalue weighted by Crippen LogP contribution is -2.43. The lowest BCUT2D eigenvalue weighted by molar-refractivity contribution is -0.433. The fourth-order valence-electron chi connectivity index (χ4n) is 3.90. The Balaban J connectivity index is 2.21. The summed E-state index contributed by atoms with van der Waals surface area (Å²) < 4.78 is 5.23. The van der Waals surface area contributed by atoms with Crippen molar-refractivity contribution in [1.29, 1.82) is 0 Å². The van der Waals surface area contributed by atoms with Crippen LogP contribution >= 0.6 is 11.6 Å². The summed E-state index contributed by atoms with van der Waals surface area (Å²) in [5.74, 6) is -1.27. The van der Waals surface area contributed by atoms with Crippen molar-refractivity contribution in [3.05, 3.63) is 98.0 Å². The maximum atomic E-state index is 12.9. The van der Waals surface area contributed by atoms with Gasteiger partial charge in [-0.3, -0.25) is 10.1 Å². The third-order valence-corrected chi connectivity index (χ3v) is 5.64. The number of hydrogen-bond donors (Lipinski definition) is 1. The molecule has 174 valence electrons. The molecule has 1 aromatic carbocycles. The number of carbonyl (C=O) groups is 1. The fourth-order valence-corrected chi connectivity index (χ4v) is 4.01. The molecule has 0 amide bonds. The standard InChI is InChI=1S/C23H26ClN5O4/c1-4-28(14-15-11-12-17(24)26-13-15)22-20(29(31)32)18(16-9-7-6-8-10-16)19(21(25)27(22)3)23(30)33-5-2/h6-13,18H,4-5,14,25H2,1-3H3. The molecular weight excluding hydrogens is 446 g/mol. The molecule has 2 heterocycles. The van der Waals surface area contributed by atoms with Crippen molar-refractivity contribution in [3.8, 4) is 0 Å². The minimum Gasteiger partial charge on any atom is -0.463 e. The van der Waals surface area contributed by atoms with E-state index in [1.807, 2.05) is 17.9 Å². The van der Waals surface area contributed by atoms with Crippen LogP contribution in [0.1, 0.15) is 30.9 Å². The number of ether oxygens (including phenoxy) is 1. The SMILES string of the molecule is CCOC(=O)C1=C(N)N(C)C(N(CC)Cc2ccc(Cl)nc2)=C([N+](=O)[O-])C1c1ccccc1. The second-order valence-electron chi connectivity index (χ2n) is 7.39. The molecule has 1 aromatic heterocycles. The molecule has 1 aliphatic rings. The second kappa shape index (κ2) is 10.4. The summed E-state index contributed by atoms with van der Waals surface area (Å²) in [5, 5.41) is 12.9. The normalized spacial score (nSPS) is 16.1. The van der Waals surface area contributed by atoms with Gasteiger partial charge >= 0.3 is 5.97 Å². The highest BCUT2D eigenvalue weighted by atomic mass is 35.5. The van der Waals surface area contributed by atoms with E-state index in [9.17, 15) is 14.9 Å².